The van der Waals surface area contributed by atoms with Crippen LogP contribution in [0.5, 0.6) is 17.2 Å². The van der Waals surface area contributed by atoms with Gasteiger partial charge in [0.2, 0.25) is 24.2 Å². The van der Waals surface area contributed by atoms with Crippen molar-refractivity contribution in [1.29, 1.82) is 0 Å². The quantitative estimate of drug-likeness (QED) is 0.0264. The zero-order valence-corrected chi connectivity index (χ0v) is 53.5. The van der Waals surface area contributed by atoms with Crippen LogP contribution in [-0.4, -0.2) is 154 Å². The molecule has 4 amide bonds. The molecule has 23 nitrogen and oxygen atoms in total. The maximum Gasteiger partial charge on any atom is 0.407 e. The molecule has 6 aromatic carbocycles. The van der Waals surface area contributed by atoms with Crippen LogP contribution in [0.3, 0.4) is 0 Å². The fraction of sp³-hybridized carbons (Fsp3) is 0.362. The van der Waals surface area contributed by atoms with Gasteiger partial charge >= 0.3 is 30.0 Å². The molecule has 7 aromatic rings. The molecule has 24 heteroatoms. The summed E-state index contributed by atoms with van der Waals surface area (Å²) < 4.78 is 52.9. The molecule has 0 radical (unpaired) electrons. The largest absolute Gasteiger partial charge is 0.492 e. The number of esters is 4. The summed E-state index contributed by atoms with van der Waals surface area (Å²) >= 11 is 6.69. The lowest BCUT2D eigenvalue weighted by molar-refractivity contribution is -0.282. The van der Waals surface area contributed by atoms with Crippen LogP contribution in [0.4, 0.5) is 16.2 Å². The number of alkyl halides is 1. The number of halogens is 1. The number of rotatable bonds is 23. The number of ether oxygens (including phenoxy) is 9. The Labute approximate surface area is 541 Å². The van der Waals surface area contributed by atoms with Gasteiger partial charge in [-0.3, -0.25) is 28.8 Å². The number of hydrogen-bond donors (Lipinski definition) is 4. The number of hydrogen-bond acceptors (Lipinski definition) is 18. The molecule has 0 unspecified atom stereocenters. The second-order valence-electron chi connectivity index (χ2n) is 23.5. The van der Waals surface area contributed by atoms with Gasteiger partial charge in [0.1, 0.15) is 54.8 Å². The molecular weight excluding hydrogens is 1220 g/mol. The van der Waals surface area contributed by atoms with E-state index in [0.717, 1.165) is 78.5 Å². The van der Waals surface area contributed by atoms with Gasteiger partial charge in [0.15, 0.2) is 18.3 Å². The third-order valence-corrected chi connectivity index (χ3v) is 16.7. The summed E-state index contributed by atoms with van der Waals surface area (Å²) in [5.74, 6) is -5.49. The summed E-state index contributed by atoms with van der Waals surface area (Å²) in [6.07, 6.45) is -9.74. The molecule has 10 rings (SSSR count). The standard InChI is InChI=1S/C69H73ClN6O17/c1-36(2)59(74-69(84)88-35-51-47-18-12-10-16-45(47)46-17-11-13-19-48(46)51)65(81)71-37(3)64(80)73-53-24-22-41(28-57(53)92-68-63(91-40(6)79)61(90-39(5)78)60(89-38(4)77)62(93-68)67(83)85-9)34-87-56-31-55-58(50-21-15-14-20-49(50)56)43(32-70)33-76(55)66(82)54-30-42-29-44(23-25-52(42)72-54)86-27-26-75(7)8/h10-25,28-31,36-37,43,51,59-63,68,72H,26-27,32-35H2,1-9H3,(H,71,81)(H,73,80)(H,74,84)/t37-,43+,59-,60-,61-,62-,63+,68+/m0/s1. The Balaban J connectivity index is 0.927. The third-order valence-electron chi connectivity index (χ3n) is 16.3. The molecule has 488 valence electrons. The van der Waals surface area contributed by atoms with Crippen LogP contribution in [-0.2, 0) is 63.8 Å². The van der Waals surface area contributed by atoms with Gasteiger partial charge in [-0.25, -0.2) is 9.59 Å². The van der Waals surface area contributed by atoms with Crippen molar-refractivity contribution in [3.05, 3.63) is 149 Å². The van der Waals surface area contributed by atoms with Gasteiger partial charge in [0.25, 0.3) is 5.91 Å². The number of fused-ring (bicyclic) bond motifs is 7. The molecule has 1 aliphatic carbocycles. The Morgan fingerprint density at radius 3 is 2.03 bits per heavy atom. The van der Waals surface area contributed by atoms with Crippen molar-refractivity contribution in [1.82, 2.24) is 20.5 Å². The fourth-order valence-corrected chi connectivity index (χ4v) is 12.1. The molecule has 1 fully saturated rings. The van der Waals surface area contributed by atoms with E-state index >= 15 is 0 Å². The molecule has 0 spiro atoms. The van der Waals surface area contributed by atoms with E-state index in [0.29, 0.717) is 40.4 Å². The van der Waals surface area contributed by atoms with E-state index in [-0.39, 0.29) is 54.8 Å². The van der Waals surface area contributed by atoms with Crippen molar-refractivity contribution in [2.75, 3.05) is 63.6 Å². The van der Waals surface area contributed by atoms with E-state index in [4.69, 9.17) is 54.2 Å². The van der Waals surface area contributed by atoms with Crippen LogP contribution in [0.25, 0.3) is 32.8 Å². The summed E-state index contributed by atoms with van der Waals surface area (Å²) in [6, 6.07) is 34.6. The van der Waals surface area contributed by atoms with Gasteiger partial charge in [-0.2, -0.15) is 0 Å². The SMILES string of the molecule is COC(=O)[C@H]1O[C@@H](Oc2cc(COc3cc4c(c5ccccc35)[C@H](CCl)CN4C(=O)c3cc4cc(OCCN(C)C)ccc4[nH]3)ccc2NC(=O)[C@H](C)NC(=O)[C@@H](NC(=O)OCC2c3ccccc3-c3ccccc32)C(C)C)[C@H](OC(C)=O)[C@@H](OC(C)=O)[C@@H]1OC(C)=O. The Kier molecular flexibility index (Phi) is 20.5. The highest BCUT2D eigenvalue weighted by molar-refractivity contribution is 6.19. The lowest BCUT2D eigenvalue weighted by atomic mass is 9.95. The first-order valence-corrected chi connectivity index (χ1v) is 30.9. The summed E-state index contributed by atoms with van der Waals surface area (Å²) in [5.41, 5.74) is 7.01. The Morgan fingerprint density at radius 2 is 1.38 bits per heavy atom. The number of benzene rings is 6. The Morgan fingerprint density at radius 1 is 0.720 bits per heavy atom. The molecule has 1 saturated heterocycles. The number of carbonyl (C=O) groups excluding carboxylic acids is 8. The monoisotopic (exact) mass is 1290 g/mol. The molecule has 93 heavy (non-hydrogen) atoms. The number of alkyl carbamates (subject to hydrolysis) is 1. The first-order valence-electron chi connectivity index (χ1n) is 30.3. The molecule has 1 aromatic heterocycles. The average molecular weight is 1290 g/mol. The van der Waals surface area contributed by atoms with Gasteiger partial charge in [0, 0.05) is 73.9 Å². The lowest BCUT2D eigenvalue weighted by Crippen LogP contribution is -2.64. The summed E-state index contributed by atoms with van der Waals surface area (Å²) in [7, 11) is 4.97. The smallest absolute Gasteiger partial charge is 0.407 e. The molecule has 0 saturated carbocycles. The number of methoxy groups -OCH3 is 1. The summed E-state index contributed by atoms with van der Waals surface area (Å²) in [4.78, 5) is 115. The first-order chi connectivity index (χ1) is 44.6. The minimum absolute atomic E-state index is 0.00105. The van der Waals surface area contributed by atoms with E-state index in [9.17, 15) is 38.4 Å². The topological polar surface area (TPSA) is 278 Å². The van der Waals surface area contributed by atoms with Gasteiger partial charge < -0.3 is 73.4 Å². The number of H-pyrrole nitrogens is 1. The molecule has 8 atom stereocenters. The van der Waals surface area contributed by atoms with Crippen LogP contribution in [0.2, 0.25) is 0 Å². The van der Waals surface area contributed by atoms with Gasteiger partial charge in [-0.15, -0.1) is 11.6 Å². The maximum atomic E-state index is 14.7. The van der Waals surface area contributed by atoms with Crippen molar-refractivity contribution in [2.45, 2.75) is 103 Å². The highest BCUT2D eigenvalue weighted by Gasteiger charge is 2.56. The van der Waals surface area contributed by atoms with Crippen LogP contribution < -0.4 is 35.1 Å². The first kappa shape index (κ1) is 66.2. The predicted molar refractivity (Wildman–Crippen MR) is 343 cm³/mol. The molecule has 0 bridgehead atoms. The molecule has 2 aliphatic heterocycles. The second-order valence-corrected chi connectivity index (χ2v) is 23.8. The normalized spacial score (nSPS) is 18.7. The van der Waals surface area contributed by atoms with Crippen molar-refractivity contribution in [3.63, 3.8) is 0 Å². The van der Waals surface area contributed by atoms with Crippen LogP contribution in [0.1, 0.15) is 86.1 Å². The number of amides is 4. The lowest BCUT2D eigenvalue weighted by Gasteiger charge is -2.43. The highest BCUT2D eigenvalue weighted by Crippen LogP contribution is 2.48. The Hall–Kier alpha value is -9.71. The number of aromatic nitrogens is 1. The maximum absolute atomic E-state index is 14.7. The van der Waals surface area contributed by atoms with Crippen molar-refractivity contribution in [3.8, 4) is 28.4 Å². The van der Waals surface area contributed by atoms with Gasteiger partial charge in [0.05, 0.1) is 18.5 Å². The van der Waals surface area contributed by atoms with Gasteiger partial charge in [-0.05, 0) is 102 Å². The molecule has 3 aliphatic rings. The number of aromatic amines is 1. The zero-order chi connectivity index (χ0) is 66.4. The van der Waals surface area contributed by atoms with Crippen LogP contribution >= 0.6 is 11.6 Å². The van der Waals surface area contributed by atoms with E-state index < -0.39 is 90.5 Å². The Bertz CT molecular complexity index is 3960. The molecule has 4 N–H and O–H groups in total. The van der Waals surface area contributed by atoms with E-state index in [1.807, 2.05) is 110 Å². The van der Waals surface area contributed by atoms with Crippen molar-refractivity contribution >= 4 is 92.3 Å². The number of likely N-dealkylation sites (N-methyl/N-ethyl adjacent to an activating group) is 1. The average Bonchev–Trinajstić information content (AvgIpc) is 1.68. The van der Waals surface area contributed by atoms with E-state index in [1.54, 1.807) is 36.9 Å². The third kappa shape index (κ3) is 14.8. The number of carbonyl (C=O) groups is 8. The van der Waals surface area contributed by atoms with Crippen molar-refractivity contribution in [2.24, 2.45) is 5.92 Å². The van der Waals surface area contributed by atoms with Crippen molar-refractivity contribution < 1.29 is 81.0 Å². The predicted octanol–water partition coefficient (Wildman–Crippen LogP) is 8.90. The summed E-state index contributed by atoms with van der Waals surface area (Å²) in [5, 5.41) is 10.4. The molecular formula is C69H73ClN6O17. The summed E-state index contributed by atoms with van der Waals surface area (Å²) in [6.45, 7) is 9.32. The minimum atomic E-state index is -1.87. The molecule has 3 heterocycles. The zero-order valence-electron chi connectivity index (χ0n) is 52.8. The highest BCUT2D eigenvalue weighted by atomic mass is 35.5. The number of anilines is 2. The minimum Gasteiger partial charge on any atom is -0.492 e. The van der Waals surface area contributed by atoms with Crippen LogP contribution in [0.15, 0.2) is 121 Å². The van der Waals surface area contributed by atoms with Crippen LogP contribution in [0, 0.1) is 5.92 Å². The number of nitrogens with zero attached hydrogens (tertiary/aromatic N) is 2. The fourth-order valence-electron chi connectivity index (χ4n) is 11.9. The van der Waals surface area contributed by atoms with E-state index in [2.05, 4.69) is 20.9 Å². The number of nitrogens with one attached hydrogen (secondary N) is 4. The second kappa shape index (κ2) is 28.8. The van der Waals surface area contributed by atoms with Gasteiger partial charge in [-0.1, -0.05) is 92.7 Å². The van der Waals surface area contributed by atoms with E-state index in [1.165, 1.54) is 19.1 Å².